The molecule has 1 aromatic rings. The lowest BCUT2D eigenvalue weighted by Gasteiger charge is -2.35. The summed E-state index contributed by atoms with van der Waals surface area (Å²) in [5.41, 5.74) is 4.36. The summed E-state index contributed by atoms with van der Waals surface area (Å²) in [5.74, 6) is -0.0390. The van der Waals surface area contributed by atoms with E-state index in [0.29, 0.717) is 23.3 Å². The molecule has 0 spiro atoms. The van der Waals surface area contributed by atoms with Crippen LogP contribution in [0.4, 0.5) is 0 Å². The fourth-order valence-electron chi connectivity index (χ4n) is 4.20. The third-order valence-corrected chi connectivity index (χ3v) is 5.31. The van der Waals surface area contributed by atoms with Crippen LogP contribution in [0.1, 0.15) is 67.1 Å². The van der Waals surface area contributed by atoms with E-state index in [1.165, 1.54) is 5.56 Å². The predicted octanol–water partition coefficient (Wildman–Crippen LogP) is 3.59. The number of ether oxygens (including phenoxy) is 1. The second kappa shape index (κ2) is 4.31. The zero-order valence-electron chi connectivity index (χ0n) is 13.3. The van der Waals surface area contributed by atoms with Gasteiger partial charge in [0.25, 0.3) is 0 Å². The zero-order chi connectivity index (χ0) is 15.6. The molecule has 2 aliphatic carbocycles. The van der Waals surface area contributed by atoms with Gasteiger partial charge in [-0.25, -0.2) is 0 Å². The van der Waals surface area contributed by atoms with E-state index in [1.807, 2.05) is 13.0 Å². The van der Waals surface area contributed by atoms with Crippen molar-refractivity contribution in [3.8, 4) is 0 Å². The molecule has 1 atom stereocenters. The summed E-state index contributed by atoms with van der Waals surface area (Å²) in [6, 6.07) is 4.12. The van der Waals surface area contributed by atoms with Crippen molar-refractivity contribution < 1.29 is 14.3 Å². The molecule has 0 saturated carbocycles. The third-order valence-electron chi connectivity index (χ3n) is 5.31. The van der Waals surface area contributed by atoms with Crippen LogP contribution in [0.25, 0.3) is 5.76 Å². The number of carbonyl (C=O) groups excluding carboxylic acids is 2. The summed E-state index contributed by atoms with van der Waals surface area (Å²) in [7, 11) is 0. The maximum Gasteiger partial charge on any atom is 0.234 e. The molecule has 114 valence electrons. The molecule has 1 aliphatic heterocycles. The van der Waals surface area contributed by atoms with Gasteiger partial charge in [-0.1, -0.05) is 26.0 Å². The molecule has 1 heterocycles. The van der Waals surface area contributed by atoms with Gasteiger partial charge in [0.15, 0.2) is 0 Å². The van der Waals surface area contributed by atoms with Gasteiger partial charge in [0, 0.05) is 23.1 Å². The molecular formula is C19H20O3. The Morgan fingerprint density at radius 2 is 1.95 bits per heavy atom. The van der Waals surface area contributed by atoms with Crippen molar-refractivity contribution in [2.24, 2.45) is 0 Å². The highest BCUT2D eigenvalue weighted by Crippen LogP contribution is 2.45. The van der Waals surface area contributed by atoms with Crippen LogP contribution in [0.2, 0.25) is 0 Å². The van der Waals surface area contributed by atoms with Crippen LogP contribution in [-0.2, 0) is 21.4 Å². The molecule has 0 radical (unpaired) electrons. The number of Topliss-reactive ketones (excluding diaryl/α,β-unsaturated/α-hetero) is 2. The van der Waals surface area contributed by atoms with Gasteiger partial charge >= 0.3 is 0 Å². The van der Waals surface area contributed by atoms with Crippen molar-refractivity contribution >= 4 is 17.3 Å². The molecule has 1 aromatic carbocycles. The van der Waals surface area contributed by atoms with Crippen LogP contribution >= 0.6 is 0 Å². The largest absolute Gasteiger partial charge is 0.489 e. The molecule has 0 fully saturated rings. The highest BCUT2D eigenvalue weighted by Gasteiger charge is 2.42. The SMILES string of the molecule is CC1CC2=C(O1)c1ccc3c(c1C(=O)C2=O)CCCC3(C)C. The summed E-state index contributed by atoms with van der Waals surface area (Å²) < 4.78 is 5.86. The summed E-state index contributed by atoms with van der Waals surface area (Å²) in [4.78, 5) is 25.2. The monoisotopic (exact) mass is 296 g/mol. The lowest BCUT2D eigenvalue weighted by atomic mass is 9.69. The van der Waals surface area contributed by atoms with Crippen molar-refractivity contribution in [2.45, 2.75) is 58.0 Å². The topological polar surface area (TPSA) is 43.4 Å². The number of carbonyl (C=O) groups is 2. The minimum atomic E-state index is -0.358. The number of ketones is 2. The summed E-state index contributed by atoms with van der Waals surface area (Å²) >= 11 is 0. The first-order valence-corrected chi connectivity index (χ1v) is 8.06. The van der Waals surface area contributed by atoms with Gasteiger partial charge in [0.05, 0.1) is 0 Å². The molecule has 0 amide bonds. The van der Waals surface area contributed by atoms with E-state index < -0.39 is 0 Å². The lowest BCUT2D eigenvalue weighted by Crippen LogP contribution is -2.30. The van der Waals surface area contributed by atoms with Crippen molar-refractivity contribution in [1.82, 2.24) is 0 Å². The second-order valence-corrected chi connectivity index (χ2v) is 7.35. The Balaban J connectivity index is 1.99. The number of fused-ring (bicyclic) bond motifs is 4. The highest BCUT2D eigenvalue weighted by atomic mass is 16.5. The molecule has 0 saturated heterocycles. The maximum atomic E-state index is 12.7. The first kappa shape index (κ1) is 13.7. The molecule has 3 nitrogen and oxygen atoms in total. The highest BCUT2D eigenvalue weighted by molar-refractivity contribution is 6.52. The fourth-order valence-corrected chi connectivity index (χ4v) is 4.20. The van der Waals surface area contributed by atoms with E-state index in [1.54, 1.807) is 0 Å². The number of hydrogen-bond donors (Lipinski definition) is 0. The first-order valence-electron chi connectivity index (χ1n) is 8.06. The zero-order valence-corrected chi connectivity index (χ0v) is 13.3. The Bertz CT molecular complexity index is 752. The van der Waals surface area contributed by atoms with E-state index in [4.69, 9.17) is 4.74 Å². The van der Waals surface area contributed by atoms with Gasteiger partial charge in [-0.2, -0.15) is 0 Å². The smallest absolute Gasteiger partial charge is 0.234 e. The second-order valence-electron chi connectivity index (χ2n) is 7.35. The summed E-state index contributed by atoms with van der Waals surface area (Å²) in [5, 5.41) is 0. The van der Waals surface area contributed by atoms with Crippen LogP contribution in [0.3, 0.4) is 0 Å². The minimum Gasteiger partial charge on any atom is -0.489 e. The van der Waals surface area contributed by atoms with E-state index in [0.717, 1.165) is 30.4 Å². The fraction of sp³-hybridized carbons (Fsp3) is 0.474. The Hall–Kier alpha value is -1.90. The molecule has 0 N–H and O–H groups in total. The first-order chi connectivity index (χ1) is 10.4. The summed E-state index contributed by atoms with van der Waals surface area (Å²) in [6.45, 7) is 6.37. The van der Waals surface area contributed by atoms with Crippen LogP contribution in [-0.4, -0.2) is 17.7 Å². The lowest BCUT2D eigenvalue weighted by molar-refractivity contribution is -0.112. The van der Waals surface area contributed by atoms with Crippen molar-refractivity contribution in [3.63, 3.8) is 0 Å². The molecule has 0 aromatic heterocycles. The van der Waals surface area contributed by atoms with E-state index >= 15 is 0 Å². The van der Waals surface area contributed by atoms with Crippen LogP contribution in [0, 0.1) is 0 Å². The number of hydrogen-bond acceptors (Lipinski definition) is 3. The van der Waals surface area contributed by atoms with E-state index in [9.17, 15) is 9.59 Å². The minimum absolute atomic E-state index is 0.0276. The van der Waals surface area contributed by atoms with Crippen molar-refractivity contribution in [3.05, 3.63) is 40.0 Å². The quantitative estimate of drug-likeness (QED) is 0.687. The average Bonchev–Trinajstić information content (AvgIpc) is 2.85. The number of benzene rings is 1. The summed E-state index contributed by atoms with van der Waals surface area (Å²) in [6.07, 6.45) is 3.56. The Labute approximate surface area is 130 Å². The van der Waals surface area contributed by atoms with Gasteiger partial charge in [-0.3, -0.25) is 9.59 Å². The molecule has 4 rings (SSSR count). The molecule has 1 unspecified atom stereocenters. The molecular weight excluding hydrogens is 276 g/mol. The molecule has 22 heavy (non-hydrogen) atoms. The van der Waals surface area contributed by atoms with Gasteiger partial charge in [0.2, 0.25) is 11.6 Å². The Morgan fingerprint density at radius 1 is 1.18 bits per heavy atom. The van der Waals surface area contributed by atoms with Crippen LogP contribution < -0.4 is 0 Å². The molecule has 3 aliphatic rings. The average molecular weight is 296 g/mol. The van der Waals surface area contributed by atoms with Crippen molar-refractivity contribution in [2.75, 3.05) is 0 Å². The van der Waals surface area contributed by atoms with Gasteiger partial charge in [-0.05, 0) is 42.7 Å². The Morgan fingerprint density at radius 3 is 2.73 bits per heavy atom. The Kier molecular flexibility index (Phi) is 2.69. The maximum absolute atomic E-state index is 12.7. The predicted molar refractivity (Wildman–Crippen MR) is 83.8 cm³/mol. The van der Waals surface area contributed by atoms with Crippen LogP contribution in [0.15, 0.2) is 17.7 Å². The standard InChI is InChI=1S/C19H20O3/c1-10-9-13-16(20)17(21)15-11-5-4-8-19(2,3)14(11)7-6-12(15)18(13)22-10/h6-7,10H,4-5,8-9H2,1-3H3. The third kappa shape index (κ3) is 1.68. The van der Waals surface area contributed by atoms with E-state index in [-0.39, 0.29) is 23.1 Å². The molecule has 3 heteroatoms. The van der Waals surface area contributed by atoms with Crippen molar-refractivity contribution in [1.29, 1.82) is 0 Å². The van der Waals surface area contributed by atoms with E-state index in [2.05, 4.69) is 19.9 Å². The van der Waals surface area contributed by atoms with Gasteiger partial charge < -0.3 is 4.74 Å². The number of rotatable bonds is 0. The van der Waals surface area contributed by atoms with Gasteiger partial charge in [-0.15, -0.1) is 0 Å². The van der Waals surface area contributed by atoms with Crippen LogP contribution in [0.5, 0.6) is 0 Å². The van der Waals surface area contributed by atoms with Gasteiger partial charge in [0.1, 0.15) is 11.9 Å². The molecule has 0 bridgehead atoms. The normalized spacial score (nSPS) is 25.5.